The Morgan fingerprint density at radius 3 is 2.75 bits per heavy atom. The van der Waals surface area contributed by atoms with E-state index in [1.807, 2.05) is 13.1 Å². The number of hydrogen-bond acceptors (Lipinski definition) is 3. The van der Waals surface area contributed by atoms with Gasteiger partial charge in [-0.05, 0) is 12.1 Å². The molecule has 1 saturated heterocycles. The van der Waals surface area contributed by atoms with Crippen LogP contribution in [-0.4, -0.2) is 33.4 Å². The molecule has 0 unspecified atom stereocenters. The van der Waals surface area contributed by atoms with Gasteiger partial charge in [0.15, 0.2) is 0 Å². The van der Waals surface area contributed by atoms with Crippen molar-refractivity contribution in [3.63, 3.8) is 0 Å². The molecule has 3 heteroatoms. The number of hydrogen-bond donors (Lipinski definition) is 1. The fraction of sp³-hybridized carbons (Fsp3) is 0.385. The molecular weight excluding hydrogens is 200 g/mol. The van der Waals surface area contributed by atoms with Crippen LogP contribution in [0, 0.1) is 0 Å². The lowest BCUT2D eigenvalue weighted by atomic mass is 10.1. The summed E-state index contributed by atoms with van der Waals surface area (Å²) in [5.74, 6) is 0. The first-order valence-corrected chi connectivity index (χ1v) is 5.62. The van der Waals surface area contributed by atoms with Gasteiger partial charge in [0.1, 0.15) is 0 Å². The lowest BCUT2D eigenvalue weighted by molar-refractivity contribution is 0.122. The molecule has 0 bridgehead atoms. The van der Waals surface area contributed by atoms with Gasteiger partial charge in [0.25, 0.3) is 0 Å². The summed E-state index contributed by atoms with van der Waals surface area (Å²) in [5, 5.41) is 3.20. The van der Waals surface area contributed by atoms with Crippen molar-refractivity contribution in [1.29, 1.82) is 0 Å². The molecule has 86 valence electrons. The van der Waals surface area contributed by atoms with Crippen LogP contribution in [0.3, 0.4) is 0 Å². The zero-order chi connectivity index (χ0) is 11.4. The van der Waals surface area contributed by atoms with Crippen molar-refractivity contribution >= 4 is 17.5 Å². The van der Waals surface area contributed by atoms with Crippen LogP contribution in [0.15, 0.2) is 24.8 Å². The Hall–Kier alpha value is -1.48. The molecule has 1 aliphatic heterocycles. The predicted molar refractivity (Wildman–Crippen MR) is 69.1 cm³/mol. The maximum atomic E-state index is 5.37. The average Bonchev–Trinajstić information content (AvgIpc) is 2.38. The van der Waals surface area contributed by atoms with E-state index in [9.17, 15) is 0 Å². The van der Waals surface area contributed by atoms with Crippen LogP contribution in [0.4, 0.5) is 11.4 Å². The molecule has 16 heavy (non-hydrogen) atoms. The van der Waals surface area contributed by atoms with Gasteiger partial charge in [-0.1, -0.05) is 18.7 Å². The highest BCUT2D eigenvalue weighted by molar-refractivity contribution is 5.78. The summed E-state index contributed by atoms with van der Waals surface area (Å²) in [4.78, 5) is 2.35. The maximum Gasteiger partial charge on any atom is 0.0642 e. The fourth-order valence-corrected chi connectivity index (χ4v) is 2.07. The molecule has 3 nitrogen and oxygen atoms in total. The second-order valence-corrected chi connectivity index (χ2v) is 3.79. The molecule has 1 heterocycles. The highest BCUT2D eigenvalue weighted by atomic mass is 16.5. The Balaban J connectivity index is 2.34. The number of nitrogens with zero attached hydrogens (tertiary/aromatic N) is 1. The van der Waals surface area contributed by atoms with Gasteiger partial charge in [-0.15, -0.1) is 0 Å². The van der Waals surface area contributed by atoms with Crippen LogP contribution in [0.2, 0.25) is 0 Å². The standard InChI is InChI=1S/C13H18N2O/c1-3-11-12(14-2)5-4-6-13(11)15-7-9-16-10-8-15/h3-6,14H,1,7-10H2,2H3. The van der Waals surface area contributed by atoms with Gasteiger partial charge < -0.3 is 15.0 Å². The quantitative estimate of drug-likeness (QED) is 0.841. The van der Waals surface area contributed by atoms with Crippen molar-refractivity contribution in [1.82, 2.24) is 0 Å². The fourth-order valence-electron chi connectivity index (χ4n) is 2.07. The van der Waals surface area contributed by atoms with E-state index in [0.717, 1.165) is 32.0 Å². The third kappa shape index (κ3) is 2.04. The van der Waals surface area contributed by atoms with Gasteiger partial charge in [-0.2, -0.15) is 0 Å². The first kappa shape index (κ1) is 11.0. The molecule has 1 fully saturated rings. The zero-order valence-electron chi connectivity index (χ0n) is 9.70. The van der Waals surface area contributed by atoms with Gasteiger partial charge in [0.05, 0.1) is 13.2 Å². The molecule has 1 N–H and O–H groups in total. The first-order chi connectivity index (χ1) is 7.86. The van der Waals surface area contributed by atoms with Crippen molar-refractivity contribution in [3.05, 3.63) is 30.3 Å². The number of ether oxygens (including phenoxy) is 1. The van der Waals surface area contributed by atoms with Gasteiger partial charge in [0, 0.05) is 37.1 Å². The normalized spacial score (nSPS) is 15.9. The van der Waals surface area contributed by atoms with E-state index in [1.54, 1.807) is 0 Å². The molecular formula is C13H18N2O. The second-order valence-electron chi connectivity index (χ2n) is 3.79. The van der Waals surface area contributed by atoms with Crippen LogP contribution >= 0.6 is 0 Å². The largest absolute Gasteiger partial charge is 0.388 e. The lowest BCUT2D eigenvalue weighted by Gasteiger charge is -2.30. The highest BCUT2D eigenvalue weighted by Gasteiger charge is 2.14. The number of nitrogens with one attached hydrogen (secondary N) is 1. The number of rotatable bonds is 3. The van der Waals surface area contributed by atoms with Gasteiger partial charge in [-0.25, -0.2) is 0 Å². The third-order valence-electron chi connectivity index (χ3n) is 2.91. The summed E-state index contributed by atoms with van der Waals surface area (Å²) in [6, 6.07) is 6.29. The molecule has 0 saturated carbocycles. The van der Waals surface area contributed by atoms with E-state index in [0.29, 0.717) is 0 Å². The molecule has 1 aliphatic rings. The molecule has 0 atom stereocenters. The van der Waals surface area contributed by atoms with Crippen LogP contribution in [0.25, 0.3) is 6.08 Å². The Morgan fingerprint density at radius 2 is 2.12 bits per heavy atom. The molecule has 0 amide bonds. The Labute approximate surface area is 96.7 Å². The number of anilines is 2. The van der Waals surface area contributed by atoms with Crippen LogP contribution in [0.1, 0.15) is 5.56 Å². The van der Waals surface area contributed by atoms with Crippen molar-refractivity contribution < 1.29 is 4.74 Å². The molecule has 1 aromatic rings. The molecule has 0 aromatic heterocycles. The molecule has 0 spiro atoms. The first-order valence-electron chi connectivity index (χ1n) is 5.62. The molecule has 1 aromatic carbocycles. The van der Waals surface area contributed by atoms with Crippen LogP contribution < -0.4 is 10.2 Å². The minimum Gasteiger partial charge on any atom is -0.388 e. The summed E-state index contributed by atoms with van der Waals surface area (Å²) in [7, 11) is 1.94. The maximum absolute atomic E-state index is 5.37. The van der Waals surface area contributed by atoms with Crippen molar-refractivity contribution in [3.8, 4) is 0 Å². The Morgan fingerprint density at radius 1 is 1.38 bits per heavy atom. The predicted octanol–water partition coefficient (Wildman–Crippen LogP) is 2.21. The summed E-state index contributed by atoms with van der Waals surface area (Å²) in [5.41, 5.74) is 3.54. The minimum atomic E-state index is 0.806. The summed E-state index contributed by atoms with van der Waals surface area (Å²) >= 11 is 0. The smallest absolute Gasteiger partial charge is 0.0642 e. The monoisotopic (exact) mass is 218 g/mol. The number of morpholine rings is 1. The molecule has 0 radical (unpaired) electrons. The molecule has 2 rings (SSSR count). The topological polar surface area (TPSA) is 24.5 Å². The second kappa shape index (κ2) is 5.03. The lowest BCUT2D eigenvalue weighted by Crippen LogP contribution is -2.36. The highest BCUT2D eigenvalue weighted by Crippen LogP contribution is 2.28. The summed E-state index contributed by atoms with van der Waals surface area (Å²) in [6.07, 6.45) is 1.91. The van der Waals surface area contributed by atoms with Crippen molar-refractivity contribution in [2.75, 3.05) is 43.6 Å². The van der Waals surface area contributed by atoms with E-state index < -0.39 is 0 Å². The van der Waals surface area contributed by atoms with E-state index in [4.69, 9.17) is 4.74 Å². The summed E-state index contributed by atoms with van der Waals surface area (Å²) < 4.78 is 5.37. The Bertz CT molecular complexity index is 370. The van der Waals surface area contributed by atoms with Gasteiger partial charge >= 0.3 is 0 Å². The Kier molecular flexibility index (Phi) is 3.47. The van der Waals surface area contributed by atoms with E-state index in [-0.39, 0.29) is 0 Å². The SMILES string of the molecule is C=Cc1c(NC)cccc1N1CCOCC1. The van der Waals surface area contributed by atoms with E-state index in [2.05, 4.69) is 35.0 Å². The van der Waals surface area contributed by atoms with Gasteiger partial charge in [-0.3, -0.25) is 0 Å². The van der Waals surface area contributed by atoms with Crippen molar-refractivity contribution in [2.24, 2.45) is 0 Å². The van der Waals surface area contributed by atoms with E-state index >= 15 is 0 Å². The van der Waals surface area contributed by atoms with Crippen molar-refractivity contribution in [2.45, 2.75) is 0 Å². The average molecular weight is 218 g/mol. The molecule has 0 aliphatic carbocycles. The zero-order valence-corrected chi connectivity index (χ0v) is 9.70. The minimum absolute atomic E-state index is 0.806. The third-order valence-corrected chi connectivity index (χ3v) is 2.91. The van der Waals surface area contributed by atoms with Crippen LogP contribution in [-0.2, 0) is 4.74 Å². The number of benzene rings is 1. The van der Waals surface area contributed by atoms with Gasteiger partial charge in [0.2, 0.25) is 0 Å². The summed E-state index contributed by atoms with van der Waals surface area (Å²) in [6.45, 7) is 7.41. The van der Waals surface area contributed by atoms with Crippen LogP contribution in [0.5, 0.6) is 0 Å². The van der Waals surface area contributed by atoms with E-state index in [1.165, 1.54) is 11.3 Å².